The molecule has 1 aliphatic carbocycles. The smallest absolute Gasteiger partial charge is 0.248 e. The van der Waals surface area contributed by atoms with Gasteiger partial charge in [-0.1, -0.05) is 6.07 Å². The first-order valence-electron chi connectivity index (χ1n) is 12.9. The Bertz CT molecular complexity index is 1900. The van der Waals surface area contributed by atoms with Gasteiger partial charge in [-0.15, -0.1) is 0 Å². The number of benzene rings is 2. The molecule has 0 fully saturated rings. The van der Waals surface area contributed by atoms with Crippen LogP contribution in [-0.4, -0.2) is 45.4 Å². The van der Waals surface area contributed by atoms with E-state index in [9.17, 15) is 4.79 Å². The normalized spacial score (nSPS) is 12.1. The van der Waals surface area contributed by atoms with Crippen LogP contribution in [0.1, 0.15) is 27.9 Å². The largest absolute Gasteiger partial charge is 0.504 e. The molecule has 6 N–H and O–H groups in total. The van der Waals surface area contributed by atoms with Crippen LogP contribution in [0.25, 0.3) is 34.1 Å². The summed E-state index contributed by atoms with van der Waals surface area (Å²) in [5.74, 6) is 0.665. The highest BCUT2D eigenvalue weighted by molar-refractivity contribution is 5.93. The van der Waals surface area contributed by atoms with Crippen molar-refractivity contribution in [2.45, 2.75) is 19.3 Å². The van der Waals surface area contributed by atoms with E-state index in [2.05, 4.69) is 32.8 Å². The number of phenols is 2. The summed E-state index contributed by atoms with van der Waals surface area (Å²) < 4.78 is 3.83. The van der Waals surface area contributed by atoms with Crippen LogP contribution in [0.3, 0.4) is 0 Å². The highest BCUT2D eigenvalue weighted by atomic mass is 16.3. The number of nitrogens with two attached hydrogens (primary N) is 2. The lowest BCUT2D eigenvalue weighted by Gasteiger charge is -2.12. The number of phenolic OH excluding ortho intramolecular Hbond substituents is 2. The molecule has 204 valence electrons. The van der Waals surface area contributed by atoms with E-state index in [1.165, 1.54) is 29.7 Å². The van der Waals surface area contributed by atoms with Crippen LogP contribution in [0.15, 0.2) is 85.3 Å². The number of aromatic nitrogens is 6. The average molecular weight is 547 g/mol. The number of imidazole rings is 1. The minimum Gasteiger partial charge on any atom is -0.504 e. The molecule has 4 heterocycles. The van der Waals surface area contributed by atoms with Crippen LogP contribution < -0.4 is 11.5 Å². The number of aryl methyl sites for hydroxylation is 2. The van der Waals surface area contributed by atoms with E-state index < -0.39 is 5.91 Å². The summed E-state index contributed by atoms with van der Waals surface area (Å²) in [5, 5.41) is 22.0. The molecular formula is C30H26N8O3. The maximum atomic E-state index is 10.5. The van der Waals surface area contributed by atoms with Gasteiger partial charge in [0.05, 0.1) is 5.56 Å². The third-order valence-electron chi connectivity index (χ3n) is 6.91. The molecule has 2 aromatic carbocycles. The van der Waals surface area contributed by atoms with Gasteiger partial charge in [0, 0.05) is 29.8 Å². The van der Waals surface area contributed by atoms with Crippen LogP contribution in [0.2, 0.25) is 0 Å². The average Bonchev–Trinajstić information content (AvgIpc) is 3.74. The lowest BCUT2D eigenvalue weighted by Crippen LogP contribution is -2.10. The van der Waals surface area contributed by atoms with E-state index in [1.54, 1.807) is 17.1 Å². The number of amides is 1. The van der Waals surface area contributed by atoms with Gasteiger partial charge in [0.2, 0.25) is 5.91 Å². The zero-order valence-electron chi connectivity index (χ0n) is 21.8. The number of anilines is 1. The van der Waals surface area contributed by atoms with Crippen molar-refractivity contribution in [1.29, 1.82) is 0 Å². The van der Waals surface area contributed by atoms with Gasteiger partial charge < -0.3 is 21.7 Å². The number of carbonyl (C=O) groups is 1. The Kier molecular flexibility index (Phi) is 6.52. The third-order valence-corrected chi connectivity index (χ3v) is 6.91. The molecule has 7 rings (SSSR count). The predicted octanol–water partition coefficient (Wildman–Crippen LogP) is 3.94. The molecule has 0 radical (unpaired) electrons. The van der Waals surface area contributed by atoms with Gasteiger partial charge in [-0.05, 0) is 91.1 Å². The SMILES string of the molecule is NC(=O)c1ccc(O)c(O)c1.Nc1ncccc1-c1nc2ccc(-n3cccn3)nc2n1-c1ccc2c(c1)CCC2. The first-order chi connectivity index (χ1) is 19.9. The summed E-state index contributed by atoms with van der Waals surface area (Å²) >= 11 is 0. The Morgan fingerprint density at radius 3 is 2.49 bits per heavy atom. The zero-order valence-corrected chi connectivity index (χ0v) is 21.8. The van der Waals surface area contributed by atoms with Gasteiger partial charge in [-0.2, -0.15) is 5.10 Å². The summed E-state index contributed by atoms with van der Waals surface area (Å²) in [4.78, 5) is 24.6. The maximum absolute atomic E-state index is 10.5. The Morgan fingerprint density at radius 2 is 1.73 bits per heavy atom. The second-order valence-electron chi connectivity index (χ2n) is 9.54. The monoisotopic (exact) mass is 546 g/mol. The van der Waals surface area contributed by atoms with Gasteiger partial charge in [0.25, 0.3) is 0 Å². The second-order valence-corrected chi connectivity index (χ2v) is 9.54. The standard InChI is InChI=1S/C23H19N7.C7H7NO3/c24-21-18(6-2-11-25-21)22-27-19-9-10-20(29-13-3-12-26-29)28-23(19)30(22)17-8-7-15-4-1-5-16(15)14-17;8-7(11)4-1-2-5(9)6(10)3-4/h2-3,6-14H,1,4-5H2,(H2,24,25);1-3,9-10H,(H2,8,11). The second kappa shape index (κ2) is 10.5. The number of rotatable bonds is 4. The van der Waals surface area contributed by atoms with Gasteiger partial charge in [0.1, 0.15) is 11.3 Å². The molecule has 0 saturated heterocycles. The van der Waals surface area contributed by atoms with Gasteiger partial charge in [-0.25, -0.2) is 19.6 Å². The molecule has 11 nitrogen and oxygen atoms in total. The molecule has 0 aliphatic heterocycles. The number of carbonyl (C=O) groups excluding carboxylic acids is 1. The lowest BCUT2D eigenvalue weighted by molar-refractivity contribution is 0.1000. The minimum atomic E-state index is -0.639. The third kappa shape index (κ3) is 4.91. The van der Waals surface area contributed by atoms with E-state index >= 15 is 0 Å². The topological polar surface area (TPSA) is 171 Å². The summed E-state index contributed by atoms with van der Waals surface area (Å²) in [6.45, 7) is 0. The van der Waals surface area contributed by atoms with E-state index in [1.807, 2.05) is 36.5 Å². The molecular weight excluding hydrogens is 520 g/mol. The number of aromatic hydroxyl groups is 2. The molecule has 11 heteroatoms. The Labute approximate surface area is 234 Å². The molecule has 1 amide bonds. The maximum Gasteiger partial charge on any atom is 0.248 e. The van der Waals surface area contributed by atoms with Crippen molar-refractivity contribution >= 4 is 22.9 Å². The first-order valence-corrected chi connectivity index (χ1v) is 12.9. The molecule has 0 bridgehead atoms. The fourth-order valence-electron chi connectivity index (χ4n) is 4.89. The van der Waals surface area contributed by atoms with Crippen molar-refractivity contribution in [3.8, 4) is 34.4 Å². The van der Waals surface area contributed by atoms with Gasteiger partial charge in [0.15, 0.2) is 28.8 Å². The molecule has 0 saturated carbocycles. The van der Waals surface area contributed by atoms with Crippen molar-refractivity contribution in [3.05, 3.63) is 102 Å². The van der Waals surface area contributed by atoms with Crippen LogP contribution in [-0.2, 0) is 12.8 Å². The Hall–Kier alpha value is -5.71. The van der Waals surface area contributed by atoms with Gasteiger partial charge >= 0.3 is 0 Å². The fraction of sp³-hybridized carbons (Fsp3) is 0.100. The Balaban J connectivity index is 0.000000233. The fourth-order valence-corrected chi connectivity index (χ4v) is 4.89. The molecule has 0 unspecified atom stereocenters. The molecule has 0 spiro atoms. The van der Waals surface area contributed by atoms with Crippen LogP contribution >= 0.6 is 0 Å². The summed E-state index contributed by atoms with van der Waals surface area (Å²) in [7, 11) is 0. The Morgan fingerprint density at radius 1 is 0.878 bits per heavy atom. The molecule has 4 aromatic heterocycles. The minimum absolute atomic E-state index is 0.167. The van der Waals surface area contributed by atoms with Crippen LogP contribution in [0, 0.1) is 0 Å². The number of pyridine rings is 2. The number of primary amides is 1. The predicted molar refractivity (Wildman–Crippen MR) is 154 cm³/mol. The number of hydrogen-bond donors (Lipinski definition) is 4. The van der Waals surface area contributed by atoms with E-state index in [-0.39, 0.29) is 17.1 Å². The first kappa shape index (κ1) is 25.6. The summed E-state index contributed by atoms with van der Waals surface area (Å²) in [6.07, 6.45) is 8.76. The van der Waals surface area contributed by atoms with Crippen molar-refractivity contribution in [2.24, 2.45) is 5.73 Å². The molecule has 41 heavy (non-hydrogen) atoms. The number of hydrogen-bond acceptors (Lipinski definition) is 8. The molecule has 0 atom stereocenters. The van der Waals surface area contributed by atoms with E-state index in [0.717, 1.165) is 53.0 Å². The van der Waals surface area contributed by atoms with Gasteiger partial charge in [-0.3, -0.25) is 9.36 Å². The molecule has 6 aromatic rings. The quantitative estimate of drug-likeness (QED) is 0.241. The van der Waals surface area contributed by atoms with Crippen LogP contribution in [0.4, 0.5) is 5.82 Å². The van der Waals surface area contributed by atoms with E-state index in [4.69, 9.17) is 31.6 Å². The molecule has 1 aliphatic rings. The number of nitrogens with zero attached hydrogens (tertiary/aromatic N) is 6. The zero-order chi connectivity index (χ0) is 28.5. The highest BCUT2D eigenvalue weighted by Gasteiger charge is 2.20. The number of fused-ring (bicyclic) bond motifs is 2. The van der Waals surface area contributed by atoms with Crippen molar-refractivity contribution in [1.82, 2.24) is 29.3 Å². The van der Waals surface area contributed by atoms with Crippen molar-refractivity contribution < 1.29 is 15.0 Å². The number of nitrogen functional groups attached to an aromatic ring is 1. The van der Waals surface area contributed by atoms with Crippen LogP contribution in [0.5, 0.6) is 11.5 Å². The summed E-state index contributed by atoms with van der Waals surface area (Å²) in [5.41, 5.74) is 17.5. The van der Waals surface area contributed by atoms with Crippen molar-refractivity contribution in [2.75, 3.05) is 5.73 Å². The highest BCUT2D eigenvalue weighted by Crippen LogP contribution is 2.33. The summed E-state index contributed by atoms with van der Waals surface area (Å²) in [6, 6.07) is 19.9. The lowest BCUT2D eigenvalue weighted by atomic mass is 10.1. The van der Waals surface area contributed by atoms with Crippen molar-refractivity contribution in [3.63, 3.8) is 0 Å². The van der Waals surface area contributed by atoms with E-state index in [0.29, 0.717) is 5.82 Å².